The highest BCUT2D eigenvalue weighted by Gasteiger charge is 2.39. The minimum Gasteiger partial charge on any atom is -0.497 e. The summed E-state index contributed by atoms with van der Waals surface area (Å²) < 4.78 is 11.9. The molecule has 1 fully saturated rings. The molecule has 2 amide bonds. The number of amides is 2. The monoisotopic (exact) mass is 588 g/mol. The van der Waals surface area contributed by atoms with Crippen molar-refractivity contribution in [1.82, 2.24) is 9.88 Å². The minimum atomic E-state index is -0.127. The normalized spacial score (nSPS) is 18.2. The zero-order chi connectivity index (χ0) is 28.7. The van der Waals surface area contributed by atoms with Crippen LogP contribution in [0.25, 0.3) is 21.3 Å². The molecule has 2 aliphatic rings. The van der Waals surface area contributed by atoms with Gasteiger partial charge in [0.25, 0.3) is 0 Å². The Morgan fingerprint density at radius 2 is 1.76 bits per heavy atom. The summed E-state index contributed by atoms with van der Waals surface area (Å²) in [5.74, 6) is 0.518. The molecule has 0 N–H and O–H groups in total. The van der Waals surface area contributed by atoms with Gasteiger partial charge in [-0.05, 0) is 40.7 Å². The van der Waals surface area contributed by atoms with Gasteiger partial charge in [0.1, 0.15) is 10.6 Å². The SMILES string of the molecule is COc1ccc(-c2c(Cl)c(CCN3C(=O)CCC3=O)nc3sc4c(c23)CC(C)(C)C(OCc2ccccc2)C4)cc1. The van der Waals surface area contributed by atoms with E-state index in [1.807, 2.05) is 42.5 Å². The minimum absolute atomic E-state index is 0.0647. The third kappa shape index (κ3) is 5.39. The summed E-state index contributed by atoms with van der Waals surface area (Å²) in [6.45, 7) is 5.41. The van der Waals surface area contributed by atoms with E-state index in [2.05, 4.69) is 26.0 Å². The Morgan fingerprint density at radius 3 is 2.44 bits per heavy atom. The van der Waals surface area contributed by atoms with Crippen molar-refractivity contribution in [2.75, 3.05) is 13.7 Å². The zero-order valence-corrected chi connectivity index (χ0v) is 25.1. The smallest absolute Gasteiger partial charge is 0.229 e. The Hall–Kier alpha value is -3.26. The van der Waals surface area contributed by atoms with Crippen molar-refractivity contribution >= 4 is 45.0 Å². The molecule has 1 saturated heterocycles. The number of carbonyl (C=O) groups excluding carboxylic acids is 2. The van der Waals surface area contributed by atoms with E-state index < -0.39 is 0 Å². The number of thiophene rings is 1. The van der Waals surface area contributed by atoms with Gasteiger partial charge in [-0.2, -0.15) is 0 Å². The number of nitrogens with zero attached hydrogens (tertiary/aromatic N) is 2. The summed E-state index contributed by atoms with van der Waals surface area (Å²) in [6.07, 6.45) is 2.68. The standard InChI is InChI=1S/C33H33ClN2O4S/c1-33(2)18-23-25(17-26(33)40-19-20-7-5-4-6-8-20)41-32-30(23)29(21-9-11-22(39-3)12-10-21)31(34)24(35-32)15-16-36-27(37)13-14-28(36)38/h4-12,26H,13-19H2,1-3H3. The van der Waals surface area contributed by atoms with Crippen LogP contribution in [0.4, 0.5) is 0 Å². The first-order chi connectivity index (χ1) is 19.7. The molecule has 3 heterocycles. The van der Waals surface area contributed by atoms with Gasteiger partial charge in [0.2, 0.25) is 11.8 Å². The Morgan fingerprint density at radius 1 is 1.05 bits per heavy atom. The molecule has 212 valence electrons. The fourth-order valence-electron chi connectivity index (χ4n) is 5.97. The van der Waals surface area contributed by atoms with Gasteiger partial charge in [-0.3, -0.25) is 14.5 Å². The molecule has 0 spiro atoms. The third-order valence-electron chi connectivity index (χ3n) is 8.31. The highest BCUT2D eigenvalue weighted by Crippen LogP contribution is 2.49. The number of hydrogen-bond donors (Lipinski definition) is 0. The number of aromatic nitrogens is 1. The number of likely N-dealkylation sites (tertiary alicyclic amines) is 1. The van der Waals surface area contributed by atoms with Crippen molar-refractivity contribution in [3.05, 3.63) is 81.3 Å². The van der Waals surface area contributed by atoms with Crippen molar-refractivity contribution in [2.24, 2.45) is 5.41 Å². The summed E-state index contributed by atoms with van der Waals surface area (Å²) in [6, 6.07) is 18.2. The molecule has 4 aromatic rings. The maximum atomic E-state index is 12.3. The number of rotatable bonds is 8. The van der Waals surface area contributed by atoms with Gasteiger partial charge < -0.3 is 9.47 Å². The molecular weight excluding hydrogens is 556 g/mol. The van der Waals surface area contributed by atoms with Crippen LogP contribution in [0.5, 0.6) is 5.75 Å². The van der Waals surface area contributed by atoms with Crippen LogP contribution in [0, 0.1) is 5.41 Å². The van der Waals surface area contributed by atoms with Gasteiger partial charge in [-0.15, -0.1) is 11.3 Å². The number of halogens is 1. The predicted molar refractivity (Wildman–Crippen MR) is 162 cm³/mol. The highest BCUT2D eigenvalue weighted by molar-refractivity contribution is 7.19. The van der Waals surface area contributed by atoms with Gasteiger partial charge in [-0.25, -0.2) is 4.98 Å². The van der Waals surface area contributed by atoms with Crippen LogP contribution < -0.4 is 4.74 Å². The fraction of sp³-hybridized carbons (Fsp3) is 0.364. The topological polar surface area (TPSA) is 68.7 Å². The molecular formula is C33H33ClN2O4S. The van der Waals surface area contributed by atoms with Crippen molar-refractivity contribution < 1.29 is 19.1 Å². The first-order valence-corrected chi connectivity index (χ1v) is 15.2. The van der Waals surface area contributed by atoms with Gasteiger partial charge in [0, 0.05) is 48.1 Å². The van der Waals surface area contributed by atoms with Crippen LogP contribution in [-0.4, -0.2) is 41.5 Å². The lowest BCUT2D eigenvalue weighted by atomic mass is 9.73. The molecule has 1 unspecified atom stereocenters. The lowest BCUT2D eigenvalue weighted by Crippen LogP contribution is -2.39. The molecule has 6 rings (SSSR count). The van der Waals surface area contributed by atoms with Crippen LogP contribution in [0.1, 0.15) is 48.4 Å². The number of benzene rings is 2. The number of pyridine rings is 1. The van der Waals surface area contributed by atoms with Crippen molar-refractivity contribution in [3.63, 3.8) is 0 Å². The van der Waals surface area contributed by atoms with Crippen LogP contribution in [0.15, 0.2) is 54.6 Å². The Labute approximate surface area is 249 Å². The van der Waals surface area contributed by atoms with Crippen LogP contribution >= 0.6 is 22.9 Å². The van der Waals surface area contributed by atoms with E-state index in [0.717, 1.165) is 39.9 Å². The number of methoxy groups -OCH3 is 1. The molecule has 1 aliphatic carbocycles. The Kier molecular flexibility index (Phi) is 7.62. The second kappa shape index (κ2) is 11.2. The number of carbonyl (C=O) groups is 2. The first kappa shape index (κ1) is 27.9. The molecule has 0 radical (unpaired) electrons. The molecule has 2 aromatic carbocycles. The average molecular weight is 589 g/mol. The number of imide groups is 1. The van der Waals surface area contributed by atoms with E-state index in [1.54, 1.807) is 18.4 Å². The maximum absolute atomic E-state index is 12.3. The summed E-state index contributed by atoms with van der Waals surface area (Å²) >= 11 is 8.87. The highest BCUT2D eigenvalue weighted by atomic mass is 35.5. The molecule has 41 heavy (non-hydrogen) atoms. The zero-order valence-electron chi connectivity index (χ0n) is 23.5. The summed E-state index contributed by atoms with van der Waals surface area (Å²) in [7, 11) is 1.65. The van der Waals surface area contributed by atoms with Gasteiger partial charge in [-0.1, -0.05) is 67.9 Å². The van der Waals surface area contributed by atoms with Crippen molar-refractivity contribution in [1.29, 1.82) is 0 Å². The molecule has 1 atom stereocenters. The maximum Gasteiger partial charge on any atom is 0.229 e. The van der Waals surface area contributed by atoms with Gasteiger partial charge >= 0.3 is 0 Å². The van der Waals surface area contributed by atoms with E-state index in [-0.39, 0.29) is 42.7 Å². The van der Waals surface area contributed by atoms with Gasteiger partial charge in [0.05, 0.1) is 30.5 Å². The quantitative estimate of drug-likeness (QED) is 0.207. The summed E-state index contributed by atoms with van der Waals surface area (Å²) in [5.41, 5.74) is 5.00. The first-order valence-electron chi connectivity index (χ1n) is 14.0. The average Bonchev–Trinajstić information content (AvgIpc) is 3.48. The lowest BCUT2D eigenvalue weighted by molar-refractivity contribution is -0.138. The molecule has 0 saturated carbocycles. The third-order valence-corrected chi connectivity index (χ3v) is 9.86. The Balaban J connectivity index is 1.40. The lowest BCUT2D eigenvalue weighted by Gasteiger charge is -2.38. The second-order valence-corrected chi connectivity index (χ2v) is 13.0. The van der Waals surface area contributed by atoms with E-state index in [0.29, 0.717) is 23.7 Å². The van der Waals surface area contributed by atoms with E-state index in [1.165, 1.54) is 20.9 Å². The van der Waals surface area contributed by atoms with Crippen molar-refractivity contribution in [2.45, 2.75) is 58.7 Å². The largest absolute Gasteiger partial charge is 0.497 e. The molecule has 8 heteroatoms. The summed E-state index contributed by atoms with van der Waals surface area (Å²) in [5, 5.41) is 1.66. The predicted octanol–water partition coefficient (Wildman–Crippen LogP) is 7.03. The number of hydrogen-bond acceptors (Lipinski definition) is 6. The number of fused-ring (bicyclic) bond motifs is 3. The number of ether oxygens (including phenoxy) is 2. The van der Waals surface area contributed by atoms with Crippen LogP contribution in [-0.2, 0) is 40.2 Å². The van der Waals surface area contributed by atoms with E-state index in [9.17, 15) is 9.59 Å². The summed E-state index contributed by atoms with van der Waals surface area (Å²) in [4.78, 5) is 33.1. The van der Waals surface area contributed by atoms with E-state index >= 15 is 0 Å². The Bertz CT molecular complexity index is 1600. The molecule has 2 aromatic heterocycles. The molecule has 1 aliphatic heterocycles. The molecule has 0 bridgehead atoms. The fourth-order valence-corrected chi connectivity index (χ4v) is 7.56. The van der Waals surface area contributed by atoms with E-state index in [4.69, 9.17) is 26.1 Å². The van der Waals surface area contributed by atoms with Crippen LogP contribution in [0.2, 0.25) is 5.02 Å². The molecule has 6 nitrogen and oxygen atoms in total. The second-order valence-electron chi connectivity index (χ2n) is 11.5. The van der Waals surface area contributed by atoms with Crippen molar-refractivity contribution in [3.8, 4) is 16.9 Å². The van der Waals surface area contributed by atoms with Crippen LogP contribution in [0.3, 0.4) is 0 Å². The van der Waals surface area contributed by atoms with Gasteiger partial charge in [0.15, 0.2) is 0 Å².